The summed E-state index contributed by atoms with van der Waals surface area (Å²) >= 11 is 2.70. The van der Waals surface area contributed by atoms with Crippen LogP contribution in [0, 0.1) is 6.92 Å². The SMILES string of the molecule is CC[C@@H](Nc1nc2c(nc1Nc1csc(S(=O)(=O)N(CC)CC)c1O)NCN2)c1ccc(C)s1. The van der Waals surface area contributed by atoms with E-state index in [2.05, 4.69) is 52.2 Å². The molecular weight excluding hydrogens is 494 g/mol. The molecule has 0 saturated carbocycles. The molecule has 1 atom stereocenters. The molecule has 1 aliphatic heterocycles. The summed E-state index contributed by atoms with van der Waals surface area (Å²) in [5.41, 5.74) is 0.263. The van der Waals surface area contributed by atoms with Gasteiger partial charge in [0.25, 0.3) is 10.0 Å². The molecule has 0 radical (unpaired) electrons. The minimum atomic E-state index is -3.79. The number of aromatic hydroxyl groups is 1. The Balaban J connectivity index is 1.68. The maximum absolute atomic E-state index is 12.9. The highest BCUT2D eigenvalue weighted by Gasteiger charge is 2.29. The first-order chi connectivity index (χ1) is 16.3. The third kappa shape index (κ3) is 4.65. The number of hydrogen-bond donors (Lipinski definition) is 5. The van der Waals surface area contributed by atoms with Gasteiger partial charge in [0.2, 0.25) is 0 Å². The average Bonchev–Trinajstić information content (AvgIpc) is 3.53. The van der Waals surface area contributed by atoms with Gasteiger partial charge < -0.3 is 26.4 Å². The Morgan fingerprint density at radius 3 is 2.41 bits per heavy atom. The fourth-order valence-electron chi connectivity index (χ4n) is 3.68. The Kier molecular flexibility index (Phi) is 7.17. The monoisotopic (exact) mass is 523 g/mol. The summed E-state index contributed by atoms with van der Waals surface area (Å²) in [7, 11) is -3.79. The molecule has 1 aliphatic rings. The van der Waals surface area contributed by atoms with Gasteiger partial charge in [-0.3, -0.25) is 0 Å². The summed E-state index contributed by atoms with van der Waals surface area (Å²) in [6.45, 7) is 8.85. The molecular formula is C21H29N7O3S3. The molecule has 0 aliphatic carbocycles. The predicted octanol–water partition coefficient (Wildman–Crippen LogP) is 4.75. The standard InChI is InChI=1S/C21H29N7O3S3/c1-5-13(15-9-8-12(4)33-15)24-19-20(27-18-17(26-19)22-11-23-18)25-14-10-32-21(16(14)29)34(30,31)28(6-2)7-3/h8-10,13,29H,5-7,11H2,1-4H3,(H2,22,24,26)(H2,23,25,27)/t13-/m1/s1. The molecule has 10 nitrogen and oxygen atoms in total. The minimum absolute atomic E-state index is 0.0237. The molecule has 0 saturated heterocycles. The van der Waals surface area contributed by atoms with Crippen molar-refractivity contribution < 1.29 is 13.5 Å². The summed E-state index contributed by atoms with van der Waals surface area (Å²) in [5, 5.41) is 25.2. The number of aromatic nitrogens is 2. The number of anilines is 5. The van der Waals surface area contributed by atoms with E-state index in [-0.39, 0.29) is 21.7 Å². The van der Waals surface area contributed by atoms with Gasteiger partial charge in [-0.1, -0.05) is 20.8 Å². The molecule has 34 heavy (non-hydrogen) atoms. The van der Waals surface area contributed by atoms with Crippen molar-refractivity contribution in [3.05, 3.63) is 27.3 Å². The highest BCUT2D eigenvalue weighted by Crippen LogP contribution is 2.42. The van der Waals surface area contributed by atoms with Crippen molar-refractivity contribution >= 4 is 61.7 Å². The Labute approximate surface area is 207 Å². The van der Waals surface area contributed by atoms with E-state index in [9.17, 15) is 13.5 Å². The highest BCUT2D eigenvalue weighted by molar-refractivity contribution is 7.91. The molecule has 3 aromatic rings. The lowest BCUT2D eigenvalue weighted by Gasteiger charge is -2.19. The van der Waals surface area contributed by atoms with Gasteiger partial charge >= 0.3 is 0 Å². The van der Waals surface area contributed by atoms with E-state index in [4.69, 9.17) is 4.98 Å². The number of rotatable bonds is 10. The first kappa shape index (κ1) is 24.5. The molecule has 5 N–H and O–H groups in total. The highest BCUT2D eigenvalue weighted by atomic mass is 32.2. The number of nitrogens with one attached hydrogen (secondary N) is 4. The van der Waals surface area contributed by atoms with Crippen LogP contribution in [0.5, 0.6) is 5.75 Å². The maximum atomic E-state index is 12.9. The van der Waals surface area contributed by atoms with Crippen LogP contribution in [0.15, 0.2) is 21.7 Å². The molecule has 4 heterocycles. The smallest absolute Gasteiger partial charge is 0.256 e. The molecule has 184 valence electrons. The van der Waals surface area contributed by atoms with E-state index < -0.39 is 10.0 Å². The lowest BCUT2D eigenvalue weighted by Crippen LogP contribution is -2.30. The molecule has 0 spiro atoms. The van der Waals surface area contributed by atoms with Gasteiger partial charge in [0.15, 0.2) is 33.2 Å². The Morgan fingerprint density at radius 1 is 1.15 bits per heavy atom. The van der Waals surface area contributed by atoms with Crippen molar-refractivity contribution in [2.24, 2.45) is 0 Å². The zero-order valence-corrected chi connectivity index (χ0v) is 21.9. The summed E-state index contributed by atoms with van der Waals surface area (Å²) in [4.78, 5) is 11.8. The predicted molar refractivity (Wildman–Crippen MR) is 139 cm³/mol. The number of thiophene rings is 2. The van der Waals surface area contributed by atoms with Crippen LogP contribution in [-0.4, -0.2) is 47.6 Å². The van der Waals surface area contributed by atoms with Crippen LogP contribution >= 0.6 is 22.7 Å². The normalized spacial score (nSPS) is 13.9. The quantitative estimate of drug-likeness (QED) is 0.255. The van der Waals surface area contributed by atoms with Crippen molar-refractivity contribution in [1.82, 2.24) is 14.3 Å². The summed E-state index contributed by atoms with van der Waals surface area (Å²) in [6, 6.07) is 4.21. The van der Waals surface area contributed by atoms with Crippen LogP contribution in [0.3, 0.4) is 0 Å². The summed E-state index contributed by atoms with van der Waals surface area (Å²) in [5.74, 6) is 1.79. The number of sulfonamides is 1. The zero-order valence-electron chi connectivity index (χ0n) is 19.5. The second-order valence-electron chi connectivity index (χ2n) is 7.70. The van der Waals surface area contributed by atoms with Gasteiger partial charge in [0, 0.05) is 28.2 Å². The van der Waals surface area contributed by atoms with E-state index in [1.165, 1.54) is 14.1 Å². The molecule has 0 unspecified atom stereocenters. The summed E-state index contributed by atoms with van der Waals surface area (Å²) in [6.07, 6.45) is 0.833. The topological polar surface area (TPSA) is 132 Å². The largest absolute Gasteiger partial charge is 0.504 e. The number of nitrogens with zero attached hydrogens (tertiary/aromatic N) is 3. The molecule has 0 amide bonds. The van der Waals surface area contributed by atoms with Crippen LogP contribution in [-0.2, 0) is 10.0 Å². The van der Waals surface area contributed by atoms with Crippen molar-refractivity contribution in [2.75, 3.05) is 41.0 Å². The third-order valence-corrected chi connectivity index (χ3v) is 10.2. The second-order valence-corrected chi connectivity index (χ2v) is 12.0. The Bertz CT molecular complexity index is 1270. The van der Waals surface area contributed by atoms with Crippen LogP contribution in [0.2, 0.25) is 0 Å². The third-order valence-electron chi connectivity index (χ3n) is 5.50. The van der Waals surface area contributed by atoms with Gasteiger partial charge in [-0.05, 0) is 25.5 Å². The van der Waals surface area contributed by atoms with E-state index in [1.807, 2.05) is 0 Å². The fourth-order valence-corrected chi connectivity index (χ4v) is 7.52. The second kappa shape index (κ2) is 9.94. The van der Waals surface area contributed by atoms with Gasteiger partial charge in [-0.15, -0.1) is 22.7 Å². The first-order valence-corrected chi connectivity index (χ1v) is 14.2. The molecule has 4 rings (SSSR count). The maximum Gasteiger partial charge on any atom is 0.256 e. The molecule has 0 aromatic carbocycles. The molecule has 3 aromatic heterocycles. The first-order valence-electron chi connectivity index (χ1n) is 11.1. The number of fused-ring (bicyclic) bond motifs is 1. The molecule has 0 bridgehead atoms. The van der Waals surface area contributed by atoms with Crippen LogP contribution in [0.25, 0.3) is 0 Å². The summed E-state index contributed by atoms with van der Waals surface area (Å²) < 4.78 is 27.1. The van der Waals surface area contributed by atoms with E-state index in [0.717, 1.165) is 17.8 Å². The lowest BCUT2D eigenvalue weighted by molar-refractivity contribution is 0.434. The Morgan fingerprint density at radius 2 is 1.82 bits per heavy atom. The van der Waals surface area contributed by atoms with Gasteiger partial charge in [-0.2, -0.15) is 4.31 Å². The van der Waals surface area contributed by atoms with Gasteiger partial charge in [0.05, 0.1) is 18.4 Å². The molecule has 0 fully saturated rings. The number of aryl methyl sites for hydroxylation is 1. The average molecular weight is 524 g/mol. The van der Waals surface area contributed by atoms with Crippen molar-refractivity contribution in [3.63, 3.8) is 0 Å². The van der Waals surface area contributed by atoms with Gasteiger partial charge in [-0.25, -0.2) is 18.4 Å². The van der Waals surface area contributed by atoms with E-state index in [1.54, 1.807) is 30.6 Å². The molecule has 13 heteroatoms. The van der Waals surface area contributed by atoms with E-state index in [0.29, 0.717) is 43.0 Å². The minimum Gasteiger partial charge on any atom is -0.504 e. The van der Waals surface area contributed by atoms with Gasteiger partial charge in [0.1, 0.15) is 0 Å². The van der Waals surface area contributed by atoms with Crippen LogP contribution < -0.4 is 21.3 Å². The number of hydrogen-bond acceptors (Lipinski definition) is 11. The fraction of sp³-hybridized carbons (Fsp3) is 0.429. The van der Waals surface area contributed by atoms with E-state index >= 15 is 0 Å². The Hall–Kier alpha value is -2.61. The van der Waals surface area contributed by atoms with Crippen molar-refractivity contribution in [1.29, 1.82) is 0 Å². The van der Waals surface area contributed by atoms with Crippen LogP contribution in [0.1, 0.15) is 43.0 Å². The van der Waals surface area contributed by atoms with Crippen molar-refractivity contribution in [2.45, 2.75) is 44.4 Å². The lowest BCUT2D eigenvalue weighted by atomic mass is 10.2. The zero-order chi connectivity index (χ0) is 24.5. The van der Waals surface area contributed by atoms with Crippen molar-refractivity contribution in [3.8, 4) is 5.75 Å². The van der Waals surface area contributed by atoms with Crippen LogP contribution in [0.4, 0.5) is 29.0 Å².